The molecule has 0 aliphatic heterocycles. The summed E-state index contributed by atoms with van der Waals surface area (Å²) >= 11 is 5.77. The number of nitro groups is 1. The number of nitrogens with zero attached hydrogens (tertiary/aromatic N) is 1. The van der Waals surface area contributed by atoms with Crippen LogP contribution in [0.3, 0.4) is 0 Å². The second kappa shape index (κ2) is 5.49. The number of carboxylic acid groups (broad SMARTS) is 1. The molecule has 1 rings (SSSR count). The largest absolute Gasteiger partial charge is 0.491 e. The van der Waals surface area contributed by atoms with E-state index in [1.54, 1.807) is 0 Å². The van der Waals surface area contributed by atoms with E-state index in [4.69, 9.17) is 21.4 Å². The number of hydrogen-bond acceptors (Lipinski definition) is 4. The highest BCUT2D eigenvalue weighted by Crippen LogP contribution is 2.33. The highest BCUT2D eigenvalue weighted by molar-refractivity contribution is 6.32. The first-order valence-corrected chi connectivity index (χ1v) is 5.19. The van der Waals surface area contributed by atoms with Crippen molar-refractivity contribution in [2.24, 2.45) is 0 Å². The molecule has 0 saturated heterocycles. The summed E-state index contributed by atoms with van der Waals surface area (Å²) in [6.45, 7) is 2.14. The Morgan fingerprint density at radius 2 is 2.24 bits per heavy atom. The van der Waals surface area contributed by atoms with Gasteiger partial charge < -0.3 is 9.84 Å². The van der Waals surface area contributed by atoms with Gasteiger partial charge in [0.15, 0.2) is 5.75 Å². The molecule has 0 fully saturated rings. The SMILES string of the molecule is CCCOc1c(Cl)cc([N+](=O)[O-])cc1C(=O)O. The van der Waals surface area contributed by atoms with E-state index in [9.17, 15) is 14.9 Å². The minimum atomic E-state index is -1.32. The molecule has 0 aromatic heterocycles. The van der Waals surface area contributed by atoms with Crippen LogP contribution in [-0.4, -0.2) is 22.6 Å². The normalized spacial score (nSPS) is 10.0. The quantitative estimate of drug-likeness (QED) is 0.648. The molecular weight excluding hydrogens is 250 g/mol. The predicted molar refractivity (Wildman–Crippen MR) is 60.9 cm³/mol. The summed E-state index contributed by atoms with van der Waals surface area (Å²) in [5, 5.41) is 19.4. The molecule has 0 spiro atoms. The molecule has 0 bridgehead atoms. The Morgan fingerprint density at radius 1 is 1.59 bits per heavy atom. The Kier molecular flexibility index (Phi) is 4.28. The van der Waals surface area contributed by atoms with E-state index in [0.717, 1.165) is 12.1 Å². The second-order valence-electron chi connectivity index (χ2n) is 3.22. The molecule has 0 amide bonds. The Bertz CT molecular complexity index is 460. The van der Waals surface area contributed by atoms with Gasteiger partial charge in [-0.3, -0.25) is 10.1 Å². The summed E-state index contributed by atoms with van der Waals surface area (Å²) in [5.41, 5.74) is -0.686. The van der Waals surface area contributed by atoms with E-state index < -0.39 is 10.9 Å². The smallest absolute Gasteiger partial charge is 0.339 e. The molecule has 6 nitrogen and oxygen atoms in total. The van der Waals surface area contributed by atoms with Gasteiger partial charge in [0, 0.05) is 12.1 Å². The third-order valence-corrected chi connectivity index (χ3v) is 2.20. The fourth-order valence-corrected chi connectivity index (χ4v) is 1.46. The number of rotatable bonds is 5. The fourth-order valence-electron chi connectivity index (χ4n) is 1.19. The number of non-ortho nitro benzene ring substituents is 1. The van der Waals surface area contributed by atoms with Gasteiger partial charge in [0.1, 0.15) is 5.56 Å². The summed E-state index contributed by atoms with van der Waals surface area (Å²) in [7, 11) is 0. The van der Waals surface area contributed by atoms with Crippen molar-refractivity contribution in [2.45, 2.75) is 13.3 Å². The van der Waals surface area contributed by atoms with E-state index in [2.05, 4.69) is 0 Å². The summed E-state index contributed by atoms with van der Waals surface area (Å²) in [6, 6.07) is 2.00. The number of aromatic carboxylic acids is 1. The van der Waals surface area contributed by atoms with Gasteiger partial charge in [-0.15, -0.1) is 0 Å². The minimum Gasteiger partial charge on any atom is -0.491 e. The highest BCUT2D eigenvalue weighted by Gasteiger charge is 2.21. The van der Waals surface area contributed by atoms with Crippen molar-refractivity contribution in [3.05, 3.63) is 32.8 Å². The van der Waals surface area contributed by atoms with Crippen LogP contribution in [0.4, 0.5) is 5.69 Å². The van der Waals surface area contributed by atoms with Crippen molar-refractivity contribution in [2.75, 3.05) is 6.61 Å². The van der Waals surface area contributed by atoms with Crippen LogP contribution in [0, 0.1) is 10.1 Å². The van der Waals surface area contributed by atoms with Crippen LogP contribution in [0.15, 0.2) is 12.1 Å². The zero-order chi connectivity index (χ0) is 13.0. The van der Waals surface area contributed by atoms with Crippen molar-refractivity contribution < 1.29 is 19.6 Å². The number of carboxylic acids is 1. The fraction of sp³-hybridized carbons (Fsp3) is 0.300. The number of hydrogen-bond donors (Lipinski definition) is 1. The molecule has 0 unspecified atom stereocenters. The lowest BCUT2D eigenvalue weighted by atomic mass is 10.2. The number of ether oxygens (including phenoxy) is 1. The summed E-state index contributed by atoms with van der Waals surface area (Å²) < 4.78 is 5.18. The van der Waals surface area contributed by atoms with Gasteiger partial charge in [0.25, 0.3) is 5.69 Å². The van der Waals surface area contributed by atoms with E-state index in [-0.39, 0.29) is 28.6 Å². The molecule has 1 aromatic rings. The maximum Gasteiger partial charge on any atom is 0.339 e. The summed E-state index contributed by atoms with van der Waals surface area (Å²) in [4.78, 5) is 20.8. The number of halogens is 1. The minimum absolute atomic E-state index is 0.0355. The molecule has 0 aliphatic rings. The second-order valence-corrected chi connectivity index (χ2v) is 3.62. The van der Waals surface area contributed by atoms with Crippen LogP contribution < -0.4 is 4.74 Å². The van der Waals surface area contributed by atoms with Gasteiger partial charge in [-0.25, -0.2) is 4.79 Å². The monoisotopic (exact) mass is 259 g/mol. The first-order valence-electron chi connectivity index (χ1n) is 4.81. The van der Waals surface area contributed by atoms with Crippen LogP contribution in [0.25, 0.3) is 0 Å². The lowest BCUT2D eigenvalue weighted by molar-refractivity contribution is -0.384. The average Bonchev–Trinajstić information content (AvgIpc) is 2.26. The van der Waals surface area contributed by atoms with Gasteiger partial charge in [0.2, 0.25) is 0 Å². The maximum atomic E-state index is 11.0. The van der Waals surface area contributed by atoms with Crippen molar-refractivity contribution in [1.82, 2.24) is 0 Å². The van der Waals surface area contributed by atoms with Crippen LogP contribution in [-0.2, 0) is 0 Å². The Morgan fingerprint density at radius 3 is 2.71 bits per heavy atom. The van der Waals surface area contributed by atoms with Crippen LogP contribution in [0.2, 0.25) is 5.02 Å². The van der Waals surface area contributed by atoms with Crippen molar-refractivity contribution in [1.29, 1.82) is 0 Å². The first kappa shape index (κ1) is 13.2. The number of carbonyl (C=O) groups is 1. The number of nitro benzene ring substituents is 1. The zero-order valence-corrected chi connectivity index (χ0v) is 9.73. The lowest BCUT2D eigenvalue weighted by Crippen LogP contribution is -2.05. The molecule has 0 atom stereocenters. The first-order chi connectivity index (χ1) is 7.97. The van der Waals surface area contributed by atoms with Gasteiger partial charge in [0.05, 0.1) is 16.6 Å². The summed E-state index contributed by atoms with van der Waals surface area (Å²) in [5.74, 6) is -1.35. The molecule has 1 aromatic carbocycles. The van der Waals surface area contributed by atoms with Gasteiger partial charge >= 0.3 is 5.97 Å². The molecular formula is C10H10ClNO5. The molecule has 0 radical (unpaired) electrons. The molecule has 7 heteroatoms. The average molecular weight is 260 g/mol. The van der Waals surface area contributed by atoms with E-state index >= 15 is 0 Å². The van der Waals surface area contributed by atoms with E-state index in [1.165, 1.54) is 0 Å². The summed E-state index contributed by atoms with van der Waals surface area (Å²) in [6.07, 6.45) is 0.673. The maximum absolute atomic E-state index is 11.0. The van der Waals surface area contributed by atoms with E-state index in [1.807, 2.05) is 6.92 Å². The molecule has 17 heavy (non-hydrogen) atoms. The standard InChI is InChI=1S/C10H10ClNO5/c1-2-3-17-9-7(10(13)14)4-6(12(15)16)5-8(9)11/h4-5H,2-3H2,1H3,(H,13,14). The Labute approximate surface area is 102 Å². The molecule has 0 aliphatic carbocycles. The predicted octanol–water partition coefficient (Wildman–Crippen LogP) is 2.74. The van der Waals surface area contributed by atoms with Gasteiger partial charge in [-0.05, 0) is 6.42 Å². The molecule has 92 valence electrons. The Hall–Kier alpha value is -1.82. The topological polar surface area (TPSA) is 89.7 Å². The molecule has 1 N–H and O–H groups in total. The van der Waals surface area contributed by atoms with Crippen LogP contribution in [0.5, 0.6) is 5.75 Å². The van der Waals surface area contributed by atoms with E-state index in [0.29, 0.717) is 6.42 Å². The van der Waals surface area contributed by atoms with Crippen molar-refractivity contribution >= 4 is 23.3 Å². The third kappa shape index (κ3) is 3.07. The molecule has 0 saturated carbocycles. The number of benzene rings is 1. The lowest BCUT2D eigenvalue weighted by Gasteiger charge is -2.09. The zero-order valence-electron chi connectivity index (χ0n) is 8.97. The van der Waals surface area contributed by atoms with Crippen molar-refractivity contribution in [3.8, 4) is 5.75 Å². The van der Waals surface area contributed by atoms with Crippen LogP contribution >= 0.6 is 11.6 Å². The van der Waals surface area contributed by atoms with Gasteiger partial charge in [-0.1, -0.05) is 18.5 Å². The van der Waals surface area contributed by atoms with Crippen molar-refractivity contribution in [3.63, 3.8) is 0 Å². The van der Waals surface area contributed by atoms with Crippen LogP contribution in [0.1, 0.15) is 23.7 Å². The Balaban J connectivity index is 3.28. The van der Waals surface area contributed by atoms with Gasteiger partial charge in [-0.2, -0.15) is 0 Å². The highest BCUT2D eigenvalue weighted by atomic mass is 35.5. The third-order valence-electron chi connectivity index (χ3n) is 1.92. The molecule has 0 heterocycles.